The molecule has 0 spiro atoms. The van der Waals surface area contributed by atoms with Gasteiger partial charge in [-0.25, -0.2) is 9.59 Å². The highest BCUT2D eigenvalue weighted by Gasteiger charge is 2.25. The molecule has 0 bridgehead atoms. The molecule has 0 aliphatic carbocycles. The van der Waals surface area contributed by atoms with E-state index < -0.39 is 23.0 Å². The average molecular weight is 702 g/mol. The highest BCUT2D eigenvalue weighted by atomic mass is 16.6. The van der Waals surface area contributed by atoms with Gasteiger partial charge < -0.3 is 24.3 Å². The topological polar surface area (TPSA) is 141 Å². The maximum Gasteiger partial charge on any atom is 0.411 e. The summed E-state index contributed by atoms with van der Waals surface area (Å²) in [5.74, 6) is -0.743. The van der Waals surface area contributed by atoms with Gasteiger partial charge in [-0.1, -0.05) is 36.4 Å². The Morgan fingerprint density at radius 1 is 0.529 bits per heavy atom. The third-order valence-electron chi connectivity index (χ3n) is 6.94. The van der Waals surface area contributed by atoms with E-state index in [9.17, 15) is 19.2 Å². The summed E-state index contributed by atoms with van der Waals surface area (Å²) in [5.41, 5.74) is 3.57. The number of esters is 2. The predicted molar refractivity (Wildman–Crippen MR) is 199 cm³/mol. The molecule has 0 heterocycles. The molecule has 0 aliphatic rings. The summed E-state index contributed by atoms with van der Waals surface area (Å²) in [5, 5.41) is 8.76. The van der Waals surface area contributed by atoms with Gasteiger partial charge in [-0.15, -0.1) is 0 Å². The van der Waals surface area contributed by atoms with E-state index in [1.807, 2.05) is 24.3 Å². The van der Waals surface area contributed by atoms with Crippen LogP contribution in [0.1, 0.15) is 79.0 Å². The number of carbonyl (C=O) groups is 4. The SMILES string of the molecule is CC(C)(C)Nc1ccc(COC(=O)Nc2ccc(COC(=O)Nc3ccc(C=C(COC(=O)C(C)(C)C)COC(=O)C(C)(C)C)cc3)cc2)cc1. The van der Waals surface area contributed by atoms with Crippen LogP contribution < -0.4 is 16.0 Å². The highest BCUT2D eigenvalue weighted by molar-refractivity contribution is 5.85. The van der Waals surface area contributed by atoms with Crippen LogP contribution in [0.15, 0.2) is 78.4 Å². The first-order valence-electron chi connectivity index (χ1n) is 16.7. The summed E-state index contributed by atoms with van der Waals surface area (Å²) < 4.78 is 21.6. The first-order chi connectivity index (χ1) is 23.8. The van der Waals surface area contributed by atoms with Crippen molar-refractivity contribution in [2.75, 3.05) is 29.2 Å². The number of amides is 2. The molecule has 3 rings (SSSR count). The molecule has 3 aromatic rings. The Morgan fingerprint density at radius 3 is 1.27 bits per heavy atom. The molecular weight excluding hydrogens is 650 g/mol. The average Bonchev–Trinajstić information content (AvgIpc) is 3.04. The zero-order chi connectivity index (χ0) is 37.8. The molecule has 3 aromatic carbocycles. The molecule has 2 amide bonds. The Hall–Kier alpha value is -5.32. The van der Waals surface area contributed by atoms with E-state index in [-0.39, 0.29) is 43.9 Å². The van der Waals surface area contributed by atoms with Crippen LogP contribution in [0.2, 0.25) is 0 Å². The number of anilines is 3. The summed E-state index contributed by atoms with van der Waals surface area (Å²) in [6.07, 6.45) is 0.549. The van der Waals surface area contributed by atoms with Crippen LogP contribution in [-0.2, 0) is 41.8 Å². The Bertz CT molecular complexity index is 1630. The third kappa shape index (κ3) is 15.0. The van der Waals surface area contributed by atoms with E-state index in [0.29, 0.717) is 16.9 Å². The van der Waals surface area contributed by atoms with Gasteiger partial charge in [0, 0.05) is 28.2 Å². The summed E-state index contributed by atoms with van der Waals surface area (Å²) in [4.78, 5) is 49.4. The summed E-state index contributed by atoms with van der Waals surface area (Å²) in [7, 11) is 0. The Kier molecular flexibility index (Phi) is 13.8. The van der Waals surface area contributed by atoms with Crippen molar-refractivity contribution in [2.45, 2.75) is 81.1 Å². The van der Waals surface area contributed by atoms with Gasteiger partial charge in [-0.05, 0) is 121 Å². The van der Waals surface area contributed by atoms with E-state index >= 15 is 0 Å². The molecule has 274 valence electrons. The second kappa shape index (κ2) is 17.6. The summed E-state index contributed by atoms with van der Waals surface area (Å²) >= 11 is 0. The van der Waals surface area contributed by atoms with E-state index in [2.05, 4.69) is 36.7 Å². The number of benzene rings is 3. The lowest BCUT2D eigenvalue weighted by Crippen LogP contribution is -2.26. The second-order valence-electron chi connectivity index (χ2n) is 15.2. The van der Waals surface area contributed by atoms with Gasteiger partial charge in [0.05, 0.1) is 10.8 Å². The van der Waals surface area contributed by atoms with Crippen molar-refractivity contribution >= 4 is 47.3 Å². The van der Waals surface area contributed by atoms with Crippen molar-refractivity contribution in [3.05, 3.63) is 95.1 Å². The van der Waals surface area contributed by atoms with Gasteiger partial charge in [-0.3, -0.25) is 20.2 Å². The number of nitrogens with one attached hydrogen (secondary N) is 3. The van der Waals surface area contributed by atoms with E-state index in [0.717, 1.165) is 22.4 Å². The van der Waals surface area contributed by atoms with Gasteiger partial charge >= 0.3 is 24.1 Å². The summed E-state index contributed by atoms with van der Waals surface area (Å²) in [6.45, 7) is 16.9. The molecule has 0 atom stereocenters. The lowest BCUT2D eigenvalue weighted by atomic mass is 9.97. The summed E-state index contributed by atoms with van der Waals surface area (Å²) in [6, 6.07) is 21.5. The van der Waals surface area contributed by atoms with Crippen LogP contribution in [0.5, 0.6) is 0 Å². The molecule has 51 heavy (non-hydrogen) atoms. The largest absolute Gasteiger partial charge is 0.461 e. The molecule has 0 saturated heterocycles. The standard InChI is InChI=1S/C40H51N3O8/c1-38(2,3)34(44)48-25-30(26-49-35(45)39(4,5)6)22-27-10-16-31(17-11-27)41-36(46)50-23-28-12-18-32(19-13-28)42-37(47)51-24-29-14-20-33(21-15-29)43-40(7,8)9/h10-22,43H,23-26H2,1-9H3,(H,41,46)(H,42,47). The van der Waals surface area contributed by atoms with Gasteiger partial charge in [-0.2, -0.15) is 0 Å². The zero-order valence-corrected chi connectivity index (χ0v) is 31.1. The van der Waals surface area contributed by atoms with Gasteiger partial charge in [0.1, 0.15) is 26.4 Å². The van der Waals surface area contributed by atoms with Crippen LogP contribution in [0.4, 0.5) is 26.7 Å². The fourth-order valence-corrected chi connectivity index (χ4v) is 4.18. The fraction of sp³-hybridized carbons (Fsp3) is 0.400. The highest BCUT2D eigenvalue weighted by Crippen LogP contribution is 2.21. The lowest BCUT2D eigenvalue weighted by molar-refractivity contribution is -0.153. The molecule has 11 nitrogen and oxygen atoms in total. The van der Waals surface area contributed by atoms with Crippen molar-refractivity contribution in [1.82, 2.24) is 0 Å². The maximum absolute atomic E-state index is 12.5. The number of carbonyl (C=O) groups excluding carboxylic acids is 4. The Labute approximate surface area is 301 Å². The van der Waals surface area contributed by atoms with Crippen molar-refractivity contribution in [3.8, 4) is 0 Å². The number of hydrogen-bond donors (Lipinski definition) is 3. The minimum Gasteiger partial charge on any atom is -0.461 e. The van der Waals surface area contributed by atoms with Crippen LogP contribution in [-0.4, -0.2) is 42.9 Å². The van der Waals surface area contributed by atoms with Crippen molar-refractivity contribution in [3.63, 3.8) is 0 Å². The van der Waals surface area contributed by atoms with E-state index in [1.165, 1.54) is 0 Å². The smallest absolute Gasteiger partial charge is 0.411 e. The molecule has 0 unspecified atom stereocenters. The zero-order valence-electron chi connectivity index (χ0n) is 31.1. The lowest BCUT2D eigenvalue weighted by Gasteiger charge is -2.22. The number of hydrogen-bond acceptors (Lipinski definition) is 9. The molecule has 3 N–H and O–H groups in total. The van der Waals surface area contributed by atoms with Crippen LogP contribution in [0.25, 0.3) is 6.08 Å². The van der Waals surface area contributed by atoms with Gasteiger partial charge in [0.2, 0.25) is 0 Å². The van der Waals surface area contributed by atoms with Crippen molar-refractivity contribution in [2.24, 2.45) is 10.8 Å². The molecule has 0 aromatic heterocycles. The molecule has 0 saturated carbocycles. The minimum absolute atomic E-state index is 0.0153. The van der Waals surface area contributed by atoms with Crippen LogP contribution in [0.3, 0.4) is 0 Å². The second-order valence-corrected chi connectivity index (χ2v) is 15.2. The maximum atomic E-state index is 12.5. The normalized spacial score (nSPS) is 11.5. The predicted octanol–water partition coefficient (Wildman–Crippen LogP) is 8.96. The Balaban J connectivity index is 1.47. The van der Waals surface area contributed by atoms with Gasteiger partial charge in [0.25, 0.3) is 0 Å². The first kappa shape index (κ1) is 40.1. The van der Waals surface area contributed by atoms with Gasteiger partial charge in [0.15, 0.2) is 0 Å². The number of rotatable bonds is 12. The minimum atomic E-state index is -0.676. The molecular formula is C40H51N3O8. The van der Waals surface area contributed by atoms with Crippen LogP contribution >= 0.6 is 0 Å². The monoisotopic (exact) mass is 701 g/mol. The van der Waals surface area contributed by atoms with Crippen molar-refractivity contribution in [1.29, 1.82) is 0 Å². The quantitative estimate of drug-likeness (QED) is 0.125. The molecule has 0 aliphatic heterocycles. The first-order valence-corrected chi connectivity index (χ1v) is 16.7. The van der Waals surface area contributed by atoms with E-state index in [1.54, 1.807) is 96.1 Å². The molecule has 0 radical (unpaired) electrons. The third-order valence-corrected chi connectivity index (χ3v) is 6.94. The Morgan fingerprint density at radius 2 is 0.902 bits per heavy atom. The molecule has 0 fully saturated rings. The fourth-order valence-electron chi connectivity index (χ4n) is 4.18. The van der Waals surface area contributed by atoms with Crippen molar-refractivity contribution < 1.29 is 38.1 Å². The van der Waals surface area contributed by atoms with Crippen LogP contribution in [0, 0.1) is 10.8 Å². The number of ether oxygens (including phenoxy) is 4. The molecule has 11 heteroatoms. The van der Waals surface area contributed by atoms with E-state index in [4.69, 9.17) is 18.9 Å².